The Labute approximate surface area is 123 Å². The number of rotatable bonds is 8. The Hall–Kier alpha value is -1.06. The number of hydrogen-bond donors (Lipinski definition) is 2. The van der Waals surface area contributed by atoms with Crippen molar-refractivity contribution in [3.63, 3.8) is 0 Å². The number of aryl methyl sites for hydroxylation is 1. The van der Waals surface area contributed by atoms with Gasteiger partial charge < -0.3 is 15.2 Å². The first-order chi connectivity index (χ1) is 9.49. The van der Waals surface area contributed by atoms with Gasteiger partial charge in [-0.05, 0) is 44.9 Å². The van der Waals surface area contributed by atoms with E-state index in [9.17, 15) is 5.11 Å². The van der Waals surface area contributed by atoms with Crippen LogP contribution in [0.3, 0.4) is 0 Å². The summed E-state index contributed by atoms with van der Waals surface area (Å²) >= 11 is 0. The number of nitrogens with one attached hydrogen (secondary N) is 1. The lowest BCUT2D eigenvalue weighted by atomic mass is 9.97. The summed E-state index contributed by atoms with van der Waals surface area (Å²) in [5.74, 6) is 1.36. The van der Waals surface area contributed by atoms with Gasteiger partial charge in [-0.15, -0.1) is 0 Å². The second-order valence-electron chi connectivity index (χ2n) is 5.74. The molecule has 20 heavy (non-hydrogen) atoms. The Morgan fingerprint density at radius 3 is 2.50 bits per heavy atom. The lowest BCUT2D eigenvalue weighted by molar-refractivity contribution is 0.120. The van der Waals surface area contributed by atoms with E-state index in [2.05, 4.69) is 26.1 Å². The number of hydrogen-bond acceptors (Lipinski definition) is 3. The van der Waals surface area contributed by atoms with E-state index in [1.54, 1.807) is 0 Å². The van der Waals surface area contributed by atoms with Gasteiger partial charge in [-0.3, -0.25) is 0 Å². The van der Waals surface area contributed by atoms with Crippen molar-refractivity contribution < 1.29 is 9.84 Å². The van der Waals surface area contributed by atoms with Crippen molar-refractivity contribution in [1.29, 1.82) is 0 Å². The number of aliphatic hydroxyl groups excluding tert-OH is 1. The van der Waals surface area contributed by atoms with E-state index in [1.165, 1.54) is 0 Å². The highest BCUT2D eigenvalue weighted by Gasteiger charge is 2.22. The Kier molecular flexibility index (Phi) is 7.03. The zero-order chi connectivity index (χ0) is 15.1. The number of ether oxygens (including phenoxy) is 1. The van der Waals surface area contributed by atoms with E-state index in [0.717, 1.165) is 29.8 Å². The molecule has 2 N–H and O–H groups in total. The third kappa shape index (κ3) is 4.80. The molecule has 0 aliphatic carbocycles. The second-order valence-corrected chi connectivity index (χ2v) is 5.74. The zero-order valence-electron chi connectivity index (χ0n) is 13.4. The molecule has 0 radical (unpaired) electrons. The summed E-state index contributed by atoms with van der Waals surface area (Å²) in [7, 11) is 0. The van der Waals surface area contributed by atoms with Crippen molar-refractivity contribution in [2.45, 2.75) is 53.2 Å². The molecule has 0 spiro atoms. The van der Waals surface area contributed by atoms with Crippen molar-refractivity contribution in [3.8, 4) is 5.75 Å². The monoisotopic (exact) mass is 279 g/mol. The maximum absolute atomic E-state index is 10.7. The van der Waals surface area contributed by atoms with Crippen LogP contribution in [-0.2, 0) is 0 Å². The van der Waals surface area contributed by atoms with Crippen molar-refractivity contribution >= 4 is 0 Å². The number of benzene rings is 1. The number of aliphatic hydroxyl groups is 1. The maximum atomic E-state index is 10.7. The highest BCUT2D eigenvalue weighted by molar-refractivity contribution is 5.39. The van der Waals surface area contributed by atoms with Crippen molar-refractivity contribution in [2.75, 3.05) is 13.2 Å². The molecule has 2 atom stereocenters. The van der Waals surface area contributed by atoms with E-state index in [0.29, 0.717) is 12.5 Å². The fraction of sp³-hybridized carbons (Fsp3) is 0.647. The molecule has 1 aromatic rings. The molecule has 2 unspecified atom stereocenters. The Balaban J connectivity index is 2.92. The SMILES string of the molecule is CCOc1ccc(C)cc1C(O)C(CC)NCC(C)C. The molecule has 1 aromatic carbocycles. The average Bonchev–Trinajstić information content (AvgIpc) is 2.41. The predicted molar refractivity (Wildman–Crippen MR) is 84.2 cm³/mol. The Morgan fingerprint density at radius 2 is 1.95 bits per heavy atom. The van der Waals surface area contributed by atoms with E-state index >= 15 is 0 Å². The van der Waals surface area contributed by atoms with E-state index < -0.39 is 6.10 Å². The van der Waals surface area contributed by atoms with Crippen LogP contribution in [0.25, 0.3) is 0 Å². The molecule has 0 bridgehead atoms. The third-order valence-corrected chi connectivity index (χ3v) is 3.39. The van der Waals surface area contributed by atoms with Crippen molar-refractivity contribution in [1.82, 2.24) is 5.32 Å². The van der Waals surface area contributed by atoms with Crippen LogP contribution in [0.1, 0.15) is 51.3 Å². The molecular formula is C17H29NO2. The third-order valence-electron chi connectivity index (χ3n) is 3.39. The van der Waals surface area contributed by atoms with Gasteiger partial charge in [0.05, 0.1) is 12.7 Å². The van der Waals surface area contributed by atoms with Gasteiger partial charge in [0.25, 0.3) is 0 Å². The normalized spacial score (nSPS) is 14.3. The van der Waals surface area contributed by atoms with Gasteiger partial charge in [-0.25, -0.2) is 0 Å². The fourth-order valence-corrected chi connectivity index (χ4v) is 2.27. The molecule has 0 aromatic heterocycles. The fourth-order valence-electron chi connectivity index (χ4n) is 2.27. The first-order valence-corrected chi connectivity index (χ1v) is 7.64. The van der Waals surface area contributed by atoms with Gasteiger partial charge >= 0.3 is 0 Å². The minimum Gasteiger partial charge on any atom is -0.493 e. The summed E-state index contributed by atoms with van der Waals surface area (Å²) in [5.41, 5.74) is 2.02. The van der Waals surface area contributed by atoms with Gasteiger partial charge in [0.1, 0.15) is 5.75 Å². The Bertz CT molecular complexity index is 404. The van der Waals surface area contributed by atoms with Gasteiger partial charge in [-0.1, -0.05) is 32.4 Å². The molecule has 114 valence electrons. The summed E-state index contributed by atoms with van der Waals surface area (Å²) in [5, 5.41) is 14.1. The van der Waals surface area contributed by atoms with Crippen LogP contribution in [0.2, 0.25) is 0 Å². The van der Waals surface area contributed by atoms with Crippen LogP contribution in [0.15, 0.2) is 18.2 Å². The molecule has 3 nitrogen and oxygen atoms in total. The summed E-state index contributed by atoms with van der Waals surface area (Å²) in [6.45, 7) is 12.0. The van der Waals surface area contributed by atoms with Crippen LogP contribution in [-0.4, -0.2) is 24.3 Å². The predicted octanol–water partition coefficient (Wildman–Crippen LogP) is 3.45. The van der Waals surface area contributed by atoms with E-state index in [-0.39, 0.29) is 6.04 Å². The van der Waals surface area contributed by atoms with Crippen LogP contribution < -0.4 is 10.1 Å². The molecular weight excluding hydrogens is 250 g/mol. The first kappa shape index (κ1) is 17.0. The van der Waals surface area contributed by atoms with E-state index in [4.69, 9.17) is 4.74 Å². The standard InChI is InChI=1S/C17H29NO2/c1-6-15(18-11-12(3)4)17(19)14-10-13(5)8-9-16(14)20-7-2/h8-10,12,15,17-19H,6-7,11H2,1-5H3. The largest absolute Gasteiger partial charge is 0.493 e. The second kappa shape index (κ2) is 8.28. The van der Waals surface area contributed by atoms with Crippen molar-refractivity contribution in [3.05, 3.63) is 29.3 Å². The highest BCUT2D eigenvalue weighted by atomic mass is 16.5. The van der Waals surface area contributed by atoms with Crippen LogP contribution in [0, 0.1) is 12.8 Å². The quantitative estimate of drug-likeness (QED) is 0.766. The molecule has 1 rings (SSSR count). The highest BCUT2D eigenvalue weighted by Crippen LogP contribution is 2.29. The van der Waals surface area contributed by atoms with E-state index in [1.807, 2.05) is 32.0 Å². The zero-order valence-corrected chi connectivity index (χ0v) is 13.4. The first-order valence-electron chi connectivity index (χ1n) is 7.64. The van der Waals surface area contributed by atoms with Crippen LogP contribution >= 0.6 is 0 Å². The Morgan fingerprint density at radius 1 is 1.25 bits per heavy atom. The molecule has 0 fully saturated rings. The summed E-state index contributed by atoms with van der Waals surface area (Å²) in [6.07, 6.45) is 0.341. The molecule has 0 aliphatic heterocycles. The van der Waals surface area contributed by atoms with Gasteiger partial charge in [0, 0.05) is 11.6 Å². The maximum Gasteiger partial charge on any atom is 0.125 e. The van der Waals surface area contributed by atoms with Crippen LogP contribution in [0.5, 0.6) is 5.75 Å². The molecule has 3 heteroatoms. The minimum atomic E-state index is -0.541. The molecule has 0 saturated carbocycles. The summed E-state index contributed by atoms with van der Waals surface area (Å²) < 4.78 is 5.65. The summed E-state index contributed by atoms with van der Waals surface area (Å²) in [6, 6.07) is 6.05. The summed E-state index contributed by atoms with van der Waals surface area (Å²) in [4.78, 5) is 0. The molecule has 0 amide bonds. The lowest BCUT2D eigenvalue weighted by Crippen LogP contribution is -2.36. The average molecular weight is 279 g/mol. The van der Waals surface area contributed by atoms with Crippen LogP contribution in [0.4, 0.5) is 0 Å². The molecule has 0 heterocycles. The van der Waals surface area contributed by atoms with Crippen molar-refractivity contribution in [2.24, 2.45) is 5.92 Å². The van der Waals surface area contributed by atoms with Gasteiger partial charge in [0.15, 0.2) is 0 Å². The topological polar surface area (TPSA) is 41.5 Å². The smallest absolute Gasteiger partial charge is 0.125 e. The van der Waals surface area contributed by atoms with Gasteiger partial charge in [-0.2, -0.15) is 0 Å². The van der Waals surface area contributed by atoms with Gasteiger partial charge in [0.2, 0.25) is 0 Å². The minimum absolute atomic E-state index is 0.0541. The lowest BCUT2D eigenvalue weighted by Gasteiger charge is -2.26. The molecule has 0 aliphatic rings. The molecule has 0 saturated heterocycles.